The third kappa shape index (κ3) is 4.06. The molecule has 1 heterocycles. The van der Waals surface area contributed by atoms with Crippen LogP contribution in [0.5, 0.6) is 0 Å². The van der Waals surface area contributed by atoms with Crippen LogP contribution >= 0.6 is 11.3 Å². The number of hydrogen-bond donors (Lipinski definition) is 2. The monoisotopic (exact) mass is 290 g/mol. The van der Waals surface area contributed by atoms with Crippen molar-refractivity contribution in [1.29, 1.82) is 0 Å². The van der Waals surface area contributed by atoms with Gasteiger partial charge >= 0.3 is 5.97 Å². The minimum atomic E-state index is -0.855. The fourth-order valence-electron chi connectivity index (χ4n) is 1.82. The molecule has 0 aliphatic carbocycles. The summed E-state index contributed by atoms with van der Waals surface area (Å²) in [4.78, 5) is 14.8. The molecule has 2 aromatic rings. The van der Waals surface area contributed by atoms with Gasteiger partial charge in [-0.3, -0.25) is 4.79 Å². The van der Waals surface area contributed by atoms with Crippen LogP contribution in [-0.4, -0.2) is 16.1 Å². The summed E-state index contributed by atoms with van der Waals surface area (Å²) in [7, 11) is 0. The smallest absolute Gasteiger partial charge is 0.309 e. The summed E-state index contributed by atoms with van der Waals surface area (Å²) < 4.78 is 0. The Labute approximate surface area is 122 Å². The van der Waals surface area contributed by atoms with Crippen LogP contribution in [0.4, 0.5) is 5.13 Å². The fourth-order valence-corrected chi connectivity index (χ4v) is 2.53. The zero-order chi connectivity index (χ0) is 14.5. The Bertz CT molecular complexity index is 576. The lowest BCUT2D eigenvalue weighted by Crippen LogP contribution is -2.02. The SMILES string of the molecule is CC(C)c1ccc(CNc2nc(CC(=O)O)cs2)cc1. The third-order valence-electron chi connectivity index (χ3n) is 2.97. The van der Waals surface area contributed by atoms with Crippen molar-refractivity contribution in [2.75, 3.05) is 5.32 Å². The second-order valence-electron chi connectivity index (χ2n) is 4.96. The Morgan fingerprint density at radius 1 is 1.35 bits per heavy atom. The minimum Gasteiger partial charge on any atom is -0.481 e. The van der Waals surface area contributed by atoms with Crippen LogP contribution in [0.25, 0.3) is 0 Å². The Morgan fingerprint density at radius 2 is 2.05 bits per heavy atom. The number of carboxylic acid groups (broad SMARTS) is 1. The van der Waals surface area contributed by atoms with Crippen LogP contribution in [0.1, 0.15) is 36.6 Å². The first kappa shape index (κ1) is 14.5. The lowest BCUT2D eigenvalue weighted by Gasteiger charge is -2.07. The molecule has 20 heavy (non-hydrogen) atoms. The van der Waals surface area contributed by atoms with E-state index in [4.69, 9.17) is 5.11 Å². The van der Waals surface area contributed by atoms with Gasteiger partial charge in [0, 0.05) is 11.9 Å². The second kappa shape index (κ2) is 6.52. The van der Waals surface area contributed by atoms with Crippen LogP contribution in [-0.2, 0) is 17.8 Å². The standard InChI is InChI=1S/C15H18N2O2S/c1-10(2)12-5-3-11(4-6-12)8-16-15-17-13(9-20-15)7-14(18)19/h3-6,9-10H,7-8H2,1-2H3,(H,16,17)(H,18,19). The molecule has 0 saturated heterocycles. The van der Waals surface area contributed by atoms with Gasteiger partial charge in [-0.05, 0) is 17.0 Å². The van der Waals surface area contributed by atoms with Gasteiger partial charge in [0.05, 0.1) is 12.1 Å². The maximum atomic E-state index is 10.6. The maximum absolute atomic E-state index is 10.6. The van der Waals surface area contributed by atoms with E-state index >= 15 is 0 Å². The van der Waals surface area contributed by atoms with E-state index in [1.165, 1.54) is 22.5 Å². The van der Waals surface area contributed by atoms with Crippen molar-refractivity contribution in [2.45, 2.75) is 32.7 Å². The van der Waals surface area contributed by atoms with Crippen LogP contribution in [0.3, 0.4) is 0 Å². The molecule has 0 fully saturated rings. The molecular formula is C15H18N2O2S. The number of benzene rings is 1. The molecule has 0 radical (unpaired) electrons. The van der Waals surface area contributed by atoms with Gasteiger partial charge in [-0.2, -0.15) is 0 Å². The summed E-state index contributed by atoms with van der Waals surface area (Å²) in [5.74, 6) is -0.319. The quantitative estimate of drug-likeness (QED) is 0.854. The summed E-state index contributed by atoms with van der Waals surface area (Å²) in [5, 5.41) is 14.5. The van der Waals surface area contributed by atoms with Crippen molar-refractivity contribution in [1.82, 2.24) is 4.98 Å². The number of anilines is 1. The first-order valence-electron chi connectivity index (χ1n) is 6.53. The highest BCUT2D eigenvalue weighted by atomic mass is 32.1. The van der Waals surface area contributed by atoms with Crippen LogP contribution in [0.2, 0.25) is 0 Å². The first-order chi connectivity index (χ1) is 9.54. The molecule has 0 atom stereocenters. The van der Waals surface area contributed by atoms with E-state index in [1.54, 1.807) is 5.38 Å². The van der Waals surface area contributed by atoms with Gasteiger partial charge < -0.3 is 10.4 Å². The second-order valence-corrected chi connectivity index (χ2v) is 5.82. The molecule has 2 rings (SSSR count). The number of hydrogen-bond acceptors (Lipinski definition) is 4. The first-order valence-corrected chi connectivity index (χ1v) is 7.41. The molecule has 0 aliphatic rings. The number of nitrogens with zero attached hydrogens (tertiary/aromatic N) is 1. The van der Waals surface area contributed by atoms with E-state index in [0.717, 1.165) is 5.13 Å². The van der Waals surface area contributed by atoms with Gasteiger partial charge in [0.25, 0.3) is 0 Å². The molecule has 0 saturated carbocycles. The maximum Gasteiger partial charge on any atom is 0.309 e. The summed E-state index contributed by atoms with van der Waals surface area (Å²) in [5.41, 5.74) is 3.11. The molecule has 5 heteroatoms. The number of rotatable bonds is 6. The zero-order valence-corrected chi connectivity index (χ0v) is 12.4. The molecule has 0 spiro atoms. The summed E-state index contributed by atoms with van der Waals surface area (Å²) >= 11 is 1.43. The predicted molar refractivity (Wildman–Crippen MR) is 81.3 cm³/mol. The molecule has 4 nitrogen and oxygen atoms in total. The summed E-state index contributed by atoms with van der Waals surface area (Å²) in [6, 6.07) is 8.49. The highest BCUT2D eigenvalue weighted by Crippen LogP contribution is 2.18. The van der Waals surface area contributed by atoms with Crippen molar-refractivity contribution in [3.8, 4) is 0 Å². The number of aromatic nitrogens is 1. The van der Waals surface area contributed by atoms with Crippen molar-refractivity contribution < 1.29 is 9.90 Å². The molecule has 1 aromatic carbocycles. The van der Waals surface area contributed by atoms with E-state index < -0.39 is 5.97 Å². The number of carbonyl (C=O) groups is 1. The Kier molecular flexibility index (Phi) is 4.74. The average molecular weight is 290 g/mol. The van der Waals surface area contributed by atoms with E-state index in [9.17, 15) is 4.79 Å². The lowest BCUT2D eigenvalue weighted by molar-refractivity contribution is -0.136. The van der Waals surface area contributed by atoms with E-state index in [0.29, 0.717) is 18.2 Å². The predicted octanol–water partition coefficient (Wildman–Crippen LogP) is 3.51. The van der Waals surface area contributed by atoms with Crippen molar-refractivity contribution in [2.24, 2.45) is 0 Å². The van der Waals surface area contributed by atoms with Gasteiger partial charge in [-0.1, -0.05) is 38.1 Å². The van der Waals surface area contributed by atoms with Crippen LogP contribution in [0.15, 0.2) is 29.6 Å². The molecule has 0 bridgehead atoms. The van der Waals surface area contributed by atoms with Gasteiger partial charge in [0.2, 0.25) is 0 Å². The van der Waals surface area contributed by atoms with Crippen LogP contribution < -0.4 is 5.32 Å². The van der Waals surface area contributed by atoms with Gasteiger partial charge in [-0.15, -0.1) is 11.3 Å². The highest BCUT2D eigenvalue weighted by molar-refractivity contribution is 7.13. The number of thiazole rings is 1. The van der Waals surface area contributed by atoms with Gasteiger partial charge in [0.15, 0.2) is 5.13 Å². The molecule has 106 valence electrons. The largest absolute Gasteiger partial charge is 0.481 e. The highest BCUT2D eigenvalue weighted by Gasteiger charge is 2.06. The molecule has 1 aromatic heterocycles. The van der Waals surface area contributed by atoms with E-state index in [-0.39, 0.29) is 6.42 Å². The zero-order valence-electron chi connectivity index (χ0n) is 11.6. The fraction of sp³-hybridized carbons (Fsp3) is 0.333. The summed E-state index contributed by atoms with van der Waals surface area (Å²) in [6.45, 7) is 5.04. The topological polar surface area (TPSA) is 62.2 Å². The minimum absolute atomic E-state index is 0.0265. The van der Waals surface area contributed by atoms with E-state index in [1.807, 2.05) is 0 Å². The normalized spacial score (nSPS) is 10.8. The Hall–Kier alpha value is -1.88. The van der Waals surface area contributed by atoms with Gasteiger partial charge in [0.1, 0.15) is 0 Å². The average Bonchev–Trinajstić information content (AvgIpc) is 2.83. The molecule has 0 amide bonds. The molecule has 0 unspecified atom stereocenters. The lowest BCUT2D eigenvalue weighted by atomic mass is 10.0. The van der Waals surface area contributed by atoms with Crippen molar-refractivity contribution in [3.05, 3.63) is 46.5 Å². The molecule has 2 N–H and O–H groups in total. The third-order valence-corrected chi connectivity index (χ3v) is 3.82. The molecule has 0 aliphatic heterocycles. The Morgan fingerprint density at radius 3 is 2.65 bits per heavy atom. The number of nitrogens with one attached hydrogen (secondary N) is 1. The Balaban J connectivity index is 1.91. The molecular weight excluding hydrogens is 272 g/mol. The number of carboxylic acids is 1. The number of aliphatic carboxylic acids is 1. The van der Waals surface area contributed by atoms with Crippen molar-refractivity contribution in [3.63, 3.8) is 0 Å². The van der Waals surface area contributed by atoms with E-state index in [2.05, 4.69) is 48.4 Å². The summed E-state index contributed by atoms with van der Waals surface area (Å²) in [6.07, 6.45) is -0.0265. The van der Waals surface area contributed by atoms with Crippen molar-refractivity contribution >= 4 is 22.4 Å². The van der Waals surface area contributed by atoms with Gasteiger partial charge in [-0.25, -0.2) is 4.98 Å². The van der Waals surface area contributed by atoms with Crippen LogP contribution in [0, 0.1) is 0 Å².